The lowest BCUT2D eigenvalue weighted by molar-refractivity contribution is -0.688. The highest BCUT2D eigenvalue weighted by Gasteiger charge is 2.15. The summed E-state index contributed by atoms with van der Waals surface area (Å²) < 4.78 is 4.05. The van der Waals surface area contributed by atoms with Crippen LogP contribution in [0.15, 0.2) is 179 Å². The van der Waals surface area contributed by atoms with E-state index in [1.807, 2.05) is 134 Å². The summed E-state index contributed by atoms with van der Waals surface area (Å²) in [7, 11) is 0. The van der Waals surface area contributed by atoms with E-state index in [9.17, 15) is 10.5 Å². The molecule has 6 aromatic rings. The zero-order chi connectivity index (χ0) is 37.5. The van der Waals surface area contributed by atoms with E-state index in [0.29, 0.717) is 29.9 Å². The Balaban J connectivity index is 1.21. The summed E-state index contributed by atoms with van der Waals surface area (Å²) in [5.41, 5.74) is 10.00. The van der Waals surface area contributed by atoms with Gasteiger partial charge in [-0.15, -0.1) is 0 Å². The normalized spacial score (nSPS) is 12.3. The molecule has 0 atom stereocenters. The smallest absolute Gasteiger partial charge is 0.228 e. The standard InChI is InChI=1S/C46H38N8/c1-3-11-35(36(12-4-2)20-26-50-41-15-7-5-13-39(41)31-47)19-25-49-33-44-45(52-43-17-9-8-16-42(43)51-44)34-53-27-21-37(22-28-53)38-23-29-54(30-24-38)46-18-10-6-14-40(46)32-48/h3-30H,33-34H2,1-2H3/q+2/b11-3-,12-4-,35-19+,36-20-,49-25+,50-26+. The molecule has 6 rings (SSSR count). The Morgan fingerprint density at radius 3 is 1.85 bits per heavy atom. The maximum atomic E-state index is 9.50. The lowest BCUT2D eigenvalue weighted by Crippen LogP contribution is -2.34. The Hall–Kier alpha value is -7.42. The van der Waals surface area contributed by atoms with Gasteiger partial charge in [-0.05, 0) is 78.6 Å². The largest absolute Gasteiger partial charge is 0.287 e. The molecular weight excluding hydrogens is 665 g/mol. The first-order valence-electron chi connectivity index (χ1n) is 17.5. The molecule has 0 saturated heterocycles. The molecule has 260 valence electrons. The molecular formula is C46H38N8+2. The molecule has 0 unspecified atom stereocenters. The van der Waals surface area contributed by atoms with Crippen molar-refractivity contribution in [3.8, 4) is 29.0 Å². The summed E-state index contributed by atoms with van der Waals surface area (Å²) in [6.07, 6.45) is 23.5. The monoisotopic (exact) mass is 702 g/mol. The maximum absolute atomic E-state index is 9.50. The molecule has 3 aromatic heterocycles. The van der Waals surface area contributed by atoms with Gasteiger partial charge in [-0.3, -0.25) is 9.98 Å². The van der Waals surface area contributed by atoms with E-state index in [4.69, 9.17) is 15.0 Å². The number of para-hydroxylation sites is 4. The number of fused-ring (bicyclic) bond motifs is 1. The van der Waals surface area contributed by atoms with E-state index in [1.54, 1.807) is 18.5 Å². The molecule has 8 nitrogen and oxygen atoms in total. The molecule has 0 amide bonds. The van der Waals surface area contributed by atoms with E-state index >= 15 is 0 Å². The Morgan fingerprint density at radius 1 is 0.648 bits per heavy atom. The first-order valence-corrected chi connectivity index (χ1v) is 17.5. The van der Waals surface area contributed by atoms with Crippen LogP contribution in [-0.4, -0.2) is 22.4 Å². The fourth-order valence-corrected chi connectivity index (χ4v) is 5.83. The molecule has 54 heavy (non-hydrogen) atoms. The fourth-order valence-electron chi connectivity index (χ4n) is 5.83. The number of allylic oxidation sites excluding steroid dienone is 8. The molecule has 0 fully saturated rings. The average molecular weight is 703 g/mol. The Kier molecular flexibility index (Phi) is 12.2. The van der Waals surface area contributed by atoms with Crippen LogP contribution >= 0.6 is 0 Å². The molecule has 8 heteroatoms. The fraction of sp³-hybridized carbons (Fsp3) is 0.0870. The Labute approximate surface area is 315 Å². The van der Waals surface area contributed by atoms with Crippen LogP contribution in [-0.2, 0) is 13.1 Å². The molecule has 0 spiro atoms. The van der Waals surface area contributed by atoms with Crippen LogP contribution in [0.25, 0.3) is 27.8 Å². The number of nitrogens with zero attached hydrogens (tertiary/aromatic N) is 8. The Bertz CT molecular complexity index is 2520. The van der Waals surface area contributed by atoms with Crippen LogP contribution in [0.3, 0.4) is 0 Å². The van der Waals surface area contributed by atoms with Gasteiger partial charge in [0.25, 0.3) is 0 Å². The van der Waals surface area contributed by atoms with E-state index in [0.717, 1.165) is 50.4 Å². The van der Waals surface area contributed by atoms with E-state index in [1.165, 1.54) is 0 Å². The van der Waals surface area contributed by atoms with Crippen molar-refractivity contribution in [3.05, 3.63) is 192 Å². The van der Waals surface area contributed by atoms with Crippen LogP contribution in [0.5, 0.6) is 0 Å². The lowest BCUT2D eigenvalue weighted by atomic mass is 10.0. The molecule has 0 aliphatic rings. The van der Waals surface area contributed by atoms with Crippen LogP contribution in [0.4, 0.5) is 5.69 Å². The number of benzene rings is 3. The van der Waals surface area contributed by atoms with Crippen molar-refractivity contribution in [2.75, 3.05) is 0 Å². The topological polar surface area (TPSA) is 106 Å². The zero-order valence-corrected chi connectivity index (χ0v) is 30.2. The van der Waals surface area contributed by atoms with Crippen molar-refractivity contribution in [2.45, 2.75) is 26.9 Å². The number of rotatable bonds is 12. The molecule has 0 radical (unpaired) electrons. The number of nitriles is 2. The van der Waals surface area contributed by atoms with Crippen LogP contribution in [0, 0.1) is 22.7 Å². The molecule has 0 saturated carbocycles. The minimum absolute atomic E-state index is 0.361. The van der Waals surface area contributed by atoms with Gasteiger partial charge in [0.1, 0.15) is 23.4 Å². The first-order chi connectivity index (χ1) is 26.6. The van der Waals surface area contributed by atoms with Crippen molar-refractivity contribution >= 4 is 29.1 Å². The highest BCUT2D eigenvalue weighted by molar-refractivity contribution is 5.82. The second-order valence-corrected chi connectivity index (χ2v) is 12.1. The third-order valence-electron chi connectivity index (χ3n) is 8.53. The van der Waals surface area contributed by atoms with Gasteiger partial charge >= 0.3 is 0 Å². The highest BCUT2D eigenvalue weighted by atomic mass is 15.0. The predicted molar refractivity (Wildman–Crippen MR) is 214 cm³/mol. The van der Waals surface area contributed by atoms with E-state index in [2.05, 4.69) is 58.4 Å². The Morgan fingerprint density at radius 2 is 1.20 bits per heavy atom. The van der Waals surface area contributed by atoms with Crippen molar-refractivity contribution < 1.29 is 9.13 Å². The van der Waals surface area contributed by atoms with E-state index in [-0.39, 0.29) is 0 Å². The summed E-state index contributed by atoms with van der Waals surface area (Å²) in [5.74, 6) is 0. The lowest BCUT2D eigenvalue weighted by Gasteiger charge is -2.07. The molecule has 3 aromatic carbocycles. The van der Waals surface area contributed by atoms with E-state index < -0.39 is 0 Å². The van der Waals surface area contributed by atoms with Gasteiger partial charge in [0.2, 0.25) is 5.69 Å². The molecule has 0 aliphatic heterocycles. The van der Waals surface area contributed by atoms with Gasteiger partial charge < -0.3 is 0 Å². The minimum atomic E-state index is 0.361. The quantitative estimate of drug-likeness (QED) is 0.0723. The van der Waals surface area contributed by atoms with Crippen LogP contribution in [0.2, 0.25) is 0 Å². The first kappa shape index (κ1) is 36.4. The average Bonchev–Trinajstić information content (AvgIpc) is 3.22. The molecule has 3 heterocycles. The van der Waals surface area contributed by atoms with Crippen molar-refractivity contribution in [1.82, 2.24) is 9.97 Å². The number of pyridine rings is 2. The molecule has 0 bridgehead atoms. The van der Waals surface area contributed by atoms with Crippen LogP contribution < -0.4 is 9.13 Å². The third kappa shape index (κ3) is 9.08. The highest BCUT2D eigenvalue weighted by Crippen LogP contribution is 2.20. The van der Waals surface area contributed by atoms with Crippen molar-refractivity contribution in [3.63, 3.8) is 0 Å². The summed E-state index contributed by atoms with van der Waals surface area (Å²) >= 11 is 0. The summed E-state index contributed by atoms with van der Waals surface area (Å²) in [4.78, 5) is 19.3. The van der Waals surface area contributed by atoms with Gasteiger partial charge in [0.15, 0.2) is 31.3 Å². The predicted octanol–water partition coefficient (Wildman–Crippen LogP) is 8.63. The second kappa shape index (κ2) is 18.2. The van der Waals surface area contributed by atoms with Crippen molar-refractivity contribution in [2.24, 2.45) is 9.98 Å². The van der Waals surface area contributed by atoms with Gasteiger partial charge in [0, 0.05) is 42.8 Å². The summed E-state index contributed by atoms with van der Waals surface area (Å²) in [6.45, 7) is 4.84. The van der Waals surface area contributed by atoms with Gasteiger partial charge in [-0.1, -0.05) is 60.7 Å². The van der Waals surface area contributed by atoms with Gasteiger partial charge in [0.05, 0.1) is 34.5 Å². The van der Waals surface area contributed by atoms with Crippen molar-refractivity contribution in [1.29, 1.82) is 10.5 Å². The second-order valence-electron chi connectivity index (χ2n) is 12.1. The number of aromatic nitrogens is 4. The number of hydrogen-bond acceptors (Lipinski definition) is 6. The minimum Gasteiger partial charge on any atom is -0.287 e. The zero-order valence-electron chi connectivity index (χ0n) is 30.2. The molecule has 0 aliphatic carbocycles. The SMILES string of the molecule is C\C=C/C(=C/C=N/c1ccccc1C#N)C(/C=C\C)=C/C=N/Cc1nc2ccccc2nc1C[n+]1ccc(-c2cc[n+](-c3ccccc3C#N)cc2)cc1. The third-order valence-corrected chi connectivity index (χ3v) is 8.53. The van der Waals surface area contributed by atoms with Gasteiger partial charge in [-0.2, -0.15) is 19.7 Å². The molecule has 0 N–H and O–H groups in total. The summed E-state index contributed by atoms with van der Waals surface area (Å²) in [6, 6.07) is 35.5. The van der Waals surface area contributed by atoms with Crippen LogP contribution in [0.1, 0.15) is 36.4 Å². The number of aliphatic imine (C=N–C) groups is 2. The number of hydrogen-bond donors (Lipinski definition) is 0. The van der Waals surface area contributed by atoms with Gasteiger partial charge in [-0.25, -0.2) is 9.97 Å². The summed E-state index contributed by atoms with van der Waals surface area (Å²) in [5, 5.41) is 18.9. The maximum Gasteiger partial charge on any atom is 0.228 e.